The number of fused-ring (bicyclic) bond motifs is 1. The van der Waals surface area contributed by atoms with Crippen LogP contribution in [-0.4, -0.2) is 28.9 Å². The summed E-state index contributed by atoms with van der Waals surface area (Å²) < 4.78 is 26.1. The summed E-state index contributed by atoms with van der Waals surface area (Å²) in [5, 5.41) is 8.20. The van der Waals surface area contributed by atoms with E-state index in [1.807, 2.05) is 17.5 Å². The molecular formula is C21H24BrClFN3O3S. The molecule has 168 valence electrons. The average Bonchev–Trinajstić information content (AvgIpc) is 3.27. The molecule has 0 fully saturated rings. The predicted octanol–water partition coefficient (Wildman–Crippen LogP) is 6.71. The van der Waals surface area contributed by atoms with Crippen LogP contribution in [0.5, 0.6) is 0 Å². The van der Waals surface area contributed by atoms with Crippen molar-refractivity contribution in [3.05, 3.63) is 43.8 Å². The Morgan fingerprint density at radius 1 is 1.45 bits per heavy atom. The van der Waals surface area contributed by atoms with Crippen LogP contribution in [0.3, 0.4) is 0 Å². The molecule has 2 unspecified atom stereocenters. The largest absolute Gasteiger partial charge is 0.456 e. The van der Waals surface area contributed by atoms with E-state index in [0.29, 0.717) is 38.7 Å². The van der Waals surface area contributed by atoms with Crippen LogP contribution in [0, 0.1) is 0 Å². The van der Waals surface area contributed by atoms with E-state index in [9.17, 15) is 9.18 Å². The maximum Gasteiger partial charge on any atom is 0.407 e. The van der Waals surface area contributed by atoms with E-state index in [2.05, 4.69) is 31.5 Å². The van der Waals surface area contributed by atoms with Crippen molar-refractivity contribution in [3.63, 3.8) is 0 Å². The Kier molecular flexibility index (Phi) is 7.49. The van der Waals surface area contributed by atoms with E-state index in [4.69, 9.17) is 20.8 Å². The van der Waals surface area contributed by atoms with Crippen molar-refractivity contribution < 1.29 is 18.3 Å². The number of hydrogen-bond acceptors (Lipinski definition) is 6. The first-order valence-electron chi connectivity index (χ1n) is 9.70. The Labute approximate surface area is 197 Å². The predicted molar refractivity (Wildman–Crippen MR) is 126 cm³/mol. The molecule has 0 aromatic carbocycles. The van der Waals surface area contributed by atoms with Gasteiger partial charge in [0.25, 0.3) is 0 Å². The lowest BCUT2D eigenvalue weighted by molar-refractivity contribution is 0.0476. The number of nitrogens with zero attached hydrogens (tertiary/aromatic N) is 1. The van der Waals surface area contributed by atoms with Crippen molar-refractivity contribution in [1.29, 1.82) is 0 Å². The zero-order chi connectivity index (χ0) is 22.8. The third-order valence-electron chi connectivity index (χ3n) is 4.31. The number of thiophene rings is 1. The number of rotatable bonds is 7. The molecule has 0 spiro atoms. The number of carbonyl (C=O) groups is 1. The van der Waals surface area contributed by atoms with Crippen molar-refractivity contribution in [2.45, 2.75) is 58.5 Å². The monoisotopic (exact) mass is 531 g/mol. The molecule has 0 saturated carbocycles. The van der Waals surface area contributed by atoms with Gasteiger partial charge >= 0.3 is 6.09 Å². The van der Waals surface area contributed by atoms with Crippen LogP contribution >= 0.6 is 38.9 Å². The highest BCUT2D eigenvalue weighted by Gasteiger charge is 2.27. The molecule has 0 aliphatic carbocycles. The van der Waals surface area contributed by atoms with Crippen LogP contribution in [-0.2, 0) is 17.7 Å². The highest BCUT2D eigenvalue weighted by atomic mass is 79.9. The lowest BCUT2D eigenvalue weighted by atomic mass is 10.1. The normalized spacial score (nSPS) is 13.8. The second-order valence-electron chi connectivity index (χ2n) is 8.08. The van der Waals surface area contributed by atoms with Crippen LogP contribution in [0.2, 0.25) is 5.15 Å². The summed E-state index contributed by atoms with van der Waals surface area (Å²) in [6, 6.07) is 4.85. The molecule has 0 bridgehead atoms. The number of pyridine rings is 1. The van der Waals surface area contributed by atoms with Crippen molar-refractivity contribution >= 4 is 61.7 Å². The van der Waals surface area contributed by atoms with E-state index >= 15 is 0 Å². The minimum Gasteiger partial charge on any atom is -0.456 e. The summed E-state index contributed by atoms with van der Waals surface area (Å²) in [7, 11) is 0. The number of furan rings is 1. The van der Waals surface area contributed by atoms with Crippen molar-refractivity contribution in [3.8, 4) is 0 Å². The topological polar surface area (TPSA) is 76.4 Å². The Bertz CT molecular complexity index is 1050. The van der Waals surface area contributed by atoms with E-state index in [1.165, 1.54) is 6.92 Å². The highest BCUT2D eigenvalue weighted by molar-refractivity contribution is 9.10. The third kappa shape index (κ3) is 6.33. The quantitative estimate of drug-likeness (QED) is 0.331. The Balaban J connectivity index is 1.84. The summed E-state index contributed by atoms with van der Waals surface area (Å²) in [5.41, 5.74) is 1.03. The van der Waals surface area contributed by atoms with Crippen molar-refractivity contribution in [1.82, 2.24) is 10.3 Å². The first kappa shape index (κ1) is 23.8. The molecule has 1 amide bonds. The first-order valence-corrected chi connectivity index (χ1v) is 11.8. The van der Waals surface area contributed by atoms with Gasteiger partial charge in [0, 0.05) is 23.9 Å². The van der Waals surface area contributed by atoms with E-state index < -0.39 is 23.9 Å². The van der Waals surface area contributed by atoms with Gasteiger partial charge in [0.2, 0.25) is 0 Å². The third-order valence-corrected chi connectivity index (χ3v) is 6.20. The second-order valence-corrected chi connectivity index (χ2v) is 10.3. The number of ether oxygens (including phenoxy) is 1. The average molecular weight is 533 g/mol. The Morgan fingerprint density at radius 2 is 2.19 bits per heavy atom. The molecule has 0 saturated heterocycles. The Morgan fingerprint density at radius 3 is 2.81 bits per heavy atom. The number of carbonyl (C=O) groups excluding carboxylic acids is 1. The maximum atomic E-state index is 14.3. The number of alkyl carbamates (subject to hydrolysis) is 1. The van der Waals surface area contributed by atoms with Crippen LogP contribution in [0.25, 0.3) is 11.1 Å². The lowest BCUT2D eigenvalue weighted by Crippen LogP contribution is -2.44. The molecule has 10 heteroatoms. The minimum atomic E-state index is -1.33. The van der Waals surface area contributed by atoms with Crippen molar-refractivity contribution in [2.24, 2.45) is 0 Å². The van der Waals surface area contributed by atoms with E-state index in [0.717, 1.165) is 4.88 Å². The number of nitrogens with one attached hydrogen (secondary N) is 2. The first-order chi connectivity index (χ1) is 14.5. The van der Waals surface area contributed by atoms with Gasteiger partial charge in [0.15, 0.2) is 5.58 Å². The molecular weight excluding hydrogens is 509 g/mol. The van der Waals surface area contributed by atoms with Crippen LogP contribution in [0.1, 0.15) is 38.3 Å². The number of amides is 1. The van der Waals surface area contributed by atoms with Gasteiger partial charge in [-0.05, 0) is 55.1 Å². The highest BCUT2D eigenvalue weighted by Crippen LogP contribution is 2.36. The zero-order valence-electron chi connectivity index (χ0n) is 17.6. The molecule has 31 heavy (non-hydrogen) atoms. The number of halogens is 3. The summed E-state index contributed by atoms with van der Waals surface area (Å²) in [6.45, 7) is 7.22. The number of anilines is 1. The fourth-order valence-electron chi connectivity index (χ4n) is 2.90. The van der Waals surface area contributed by atoms with Gasteiger partial charge in [-0.1, -0.05) is 17.7 Å². The summed E-state index contributed by atoms with van der Waals surface area (Å²) in [6.07, 6.45) is -1.91. The fraction of sp³-hybridized carbons (Fsp3) is 0.429. The van der Waals surface area contributed by atoms with E-state index in [-0.39, 0.29) is 6.42 Å². The molecule has 0 aliphatic rings. The van der Waals surface area contributed by atoms with Crippen LogP contribution in [0.15, 0.2) is 32.5 Å². The van der Waals surface area contributed by atoms with Gasteiger partial charge < -0.3 is 19.8 Å². The molecule has 6 nitrogen and oxygen atoms in total. The molecule has 3 rings (SSSR count). The number of aromatic nitrogens is 1. The maximum absolute atomic E-state index is 14.3. The summed E-state index contributed by atoms with van der Waals surface area (Å²) in [4.78, 5) is 17.6. The van der Waals surface area contributed by atoms with Gasteiger partial charge in [-0.25, -0.2) is 14.2 Å². The molecule has 0 aliphatic heterocycles. The number of hydrogen-bond donors (Lipinski definition) is 2. The molecule has 2 atom stereocenters. The zero-order valence-corrected chi connectivity index (χ0v) is 20.8. The molecule has 2 N–H and O–H groups in total. The van der Waals surface area contributed by atoms with Gasteiger partial charge in [-0.3, -0.25) is 0 Å². The smallest absolute Gasteiger partial charge is 0.407 e. The minimum absolute atomic E-state index is 0.107. The standard InChI is InChI=1S/C21H24BrClFN3O3S/c1-11(24)13(26-20(28)30-21(2,3)4)8-15-17(22)18-19(29-15)14(9-16(23)27-18)25-10-12-6-5-7-31-12/h5-7,9,11,13H,8,10H2,1-4H3,(H,25,27)(H,26,28). The van der Waals surface area contributed by atoms with E-state index in [1.54, 1.807) is 38.2 Å². The SMILES string of the molecule is CC(F)C(Cc1oc2c(NCc3cccs3)cc(Cl)nc2c1Br)NC(=O)OC(C)(C)C. The fourth-order valence-corrected chi connectivity index (χ4v) is 4.25. The lowest BCUT2D eigenvalue weighted by Gasteiger charge is -2.24. The van der Waals surface area contributed by atoms with Gasteiger partial charge in [-0.2, -0.15) is 0 Å². The van der Waals surface area contributed by atoms with Crippen LogP contribution in [0.4, 0.5) is 14.9 Å². The van der Waals surface area contributed by atoms with Crippen LogP contribution < -0.4 is 10.6 Å². The molecule has 3 aromatic rings. The van der Waals surface area contributed by atoms with Gasteiger partial charge in [0.1, 0.15) is 28.2 Å². The van der Waals surface area contributed by atoms with Gasteiger partial charge in [0.05, 0.1) is 16.2 Å². The second kappa shape index (κ2) is 9.75. The van der Waals surface area contributed by atoms with Gasteiger partial charge in [-0.15, -0.1) is 11.3 Å². The summed E-state index contributed by atoms with van der Waals surface area (Å²) >= 11 is 11.3. The summed E-state index contributed by atoms with van der Waals surface area (Å²) in [5.74, 6) is 0.453. The number of alkyl halides is 1. The molecule has 3 heterocycles. The molecule has 0 radical (unpaired) electrons. The molecule has 3 aromatic heterocycles. The van der Waals surface area contributed by atoms with Crippen molar-refractivity contribution in [2.75, 3.05) is 5.32 Å². The Hall–Kier alpha value is -1.84.